The van der Waals surface area contributed by atoms with E-state index in [1.165, 1.54) is 0 Å². The van der Waals surface area contributed by atoms with Gasteiger partial charge < -0.3 is 9.47 Å². The Labute approximate surface area is 108 Å². The van der Waals surface area contributed by atoms with Crippen molar-refractivity contribution in [1.29, 1.82) is 0 Å². The zero-order valence-corrected chi connectivity index (χ0v) is 11.1. The van der Waals surface area contributed by atoms with Gasteiger partial charge in [0, 0.05) is 29.5 Å². The molecule has 5 heteroatoms. The van der Waals surface area contributed by atoms with Crippen molar-refractivity contribution in [1.82, 2.24) is 9.97 Å². The molecule has 2 aromatic heterocycles. The normalized spacial score (nSPS) is 10.7. The van der Waals surface area contributed by atoms with E-state index in [1.807, 2.05) is 19.1 Å². The van der Waals surface area contributed by atoms with Gasteiger partial charge in [0.2, 0.25) is 0 Å². The first kappa shape index (κ1) is 12.3. The summed E-state index contributed by atoms with van der Waals surface area (Å²) in [6, 6.07) is 3.73. The molecular weight excluding hydrogens is 284 g/mol. The number of nitrogens with zero attached hydrogens (tertiary/aromatic N) is 2. The molecule has 17 heavy (non-hydrogen) atoms. The third-order valence-corrected chi connectivity index (χ3v) is 2.63. The second-order valence-electron chi connectivity index (χ2n) is 3.38. The Morgan fingerprint density at radius 2 is 2.18 bits per heavy atom. The molecule has 2 heterocycles. The lowest BCUT2D eigenvalue weighted by Gasteiger charge is -2.08. The summed E-state index contributed by atoms with van der Waals surface area (Å²) in [6.07, 6.45) is 3.45. The molecule has 4 nitrogen and oxygen atoms in total. The summed E-state index contributed by atoms with van der Waals surface area (Å²) in [5, 5.41) is 0. The van der Waals surface area contributed by atoms with Crippen LogP contribution in [0.15, 0.2) is 29.0 Å². The quantitative estimate of drug-likeness (QED) is 0.796. The molecule has 0 radical (unpaired) electrons. The highest BCUT2D eigenvalue weighted by molar-refractivity contribution is 9.10. The summed E-state index contributed by atoms with van der Waals surface area (Å²) in [4.78, 5) is 8.55. The zero-order valence-electron chi connectivity index (χ0n) is 9.52. The van der Waals surface area contributed by atoms with Crippen LogP contribution in [0.3, 0.4) is 0 Å². The van der Waals surface area contributed by atoms with Crippen LogP contribution in [0.2, 0.25) is 0 Å². The number of halogens is 1. The number of hydrogen-bond acceptors (Lipinski definition) is 4. The van der Waals surface area contributed by atoms with Crippen LogP contribution in [-0.4, -0.2) is 29.8 Å². The van der Waals surface area contributed by atoms with E-state index in [1.54, 1.807) is 12.4 Å². The minimum absolute atomic E-state index is 0.519. The van der Waals surface area contributed by atoms with Crippen molar-refractivity contribution in [2.45, 2.75) is 6.92 Å². The number of fused-ring (bicyclic) bond motifs is 1. The second kappa shape index (κ2) is 5.93. The lowest BCUT2D eigenvalue weighted by atomic mass is 10.3. The minimum Gasteiger partial charge on any atom is -0.489 e. The smallest absolute Gasteiger partial charge is 0.148 e. The summed E-state index contributed by atoms with van der Waals surface area (Å²) < 4.78 is 11.7. The zero-order chi connectivity index (χ0) is 12.1. The molecule has 0 aliphatic heterocycles. The Bertz CT molecular complexity index is 505. The van der Waals surface area contributed by atoms with Crippen LogP contribution in [0.4, 0.5) is 0 Å². The van der Waals surface area contributed by atoms with Crippen LogP contribution in [0, 0.1) is 0 Å². The van der Waals surface area contributed by atoms with Gasteiger partial charge in [-0.1, -0.05) is 0 Å². The van der Waals surface area contributed by atoms with Crippen molar-refractivity contribution in [3.05, 3.63) is 29.0 Å². The summed E-state index contributed by atoms with van der Waals surface area (Å²) in [5.41, 5.74) is 1.58. The predicted octanol–water partition coefficient (Wildman–Crippen LogP) is 2.81. The molecule has 0 bridgehead atoms. The van der Waals surface area contributed by atoms with Gasteiger partial charge in [-0.2, -0.15) is 0 Å². The number of ether oxygens (including phenoxy) is 2. The largest absolute Gasteiger partial charge is 0.489 e. The first-order valence-corrected chi connectivity index (χ1v) is 6.21. The van der Waals surface area contributed by atoms with E-state index >= 15 is 0 Å². The summed E-state index contributed by atoms with van der Waals surface area (Å²) in [6.45, 7) is 3.76. The minimum atomic E-state index is 0.519. The summed E-state index contributed by atoms with van der Waals surface area (Å²) in [7, 11) is 0. The molecule has 0 spiro atoms. The first-order chi connectivity index (χ1) is 8.31. The van der Waals surface area contributed by atoms with Crippen LogP contribution in [-0.2, 0) is 4.74 Å². The molecule has 2 aromatic rings. The van der Waals surface area contributed by atoms with Crippen molar-refractivity contribution in [3.8, 4) is 5.75 Å². The van der Waals surface area contributed by atoms with E-state index in [-0.39, 0.29) is 0 Å². The Balaban J connectivity index is 2.16. The topological polar surface area (TPSA) is 44.2 Å². The maximum Gasteiger partial charge on any atom is 0.148 e. The second-order valence-corrected chi connectivity index (χ2v) is 4.29. The van der Waals surface area contributed by atoms with Crippen molar-refractivity contribution >= 4 is 27.0 Å². The monoisotopic (exact) mass is 296 g/mol. The Morgan fingerprint density at radius 3 is 3.00 bits per heavy atom. The first-order valence-electron chi connectivity index (χ1n) is 5.42. The molecular formula is C12H13BrN2O2. The summed E-state index contributed by atoms with van der Waals surface area (Å²) in [5.74, 6) is 0.738. The lowest BCUT2D eigenvalue weighted by molar-refractivity contribution is 0.110. The molecule has 0 saturated heterocycles. The fourth-order valence-electron chi connectivity index (χ4n) is 1.45. The Morgan fingerprint density at radius 1 is 1.29 bits per heavy atom. The van der Waals surface area contributed by atoms with Crippen LogP contribution in [0.1, 0.15) is 6.92 Å². The van der Waals surface area contributed by atoms with Gasteiger partial charge in [-0.05, 0) is 28.9 Å². The molecule has 2 rings (SSSR count). The van der Waals surface area contributed by atoms with Crippen molar-refractivity contribution in [3.63, 3.8) is 0 Å². The summed E-state index contributed by atoms with van der Waals surface area (Å²) >= 11 is 3.37. The molecule has 0 saturated carbocycles. The molecule has 0 N–H and O–H groups in total. The van der Waals surface area contributed by atoms with Gasteiger partial charge >= 0.3 is 0 Å². The number of aromatic nitrogens is 2. The van der Waals surface area contributed by atoms with E-state index in [4.69, 9.17) is 9.47 Å². The third kappa shape index (κ3) is 3.14. The van der Waals surface area contributed by atoms with Gasteiger partial charge in [-0.3, -0.25) is 4.98 Å². The molecule has 0 aliphatic carbocycles. The molecule has 0 atom stereocenters. The maximum absolute atomic E-state index is 5.62. The van der Waals surface area contributed by atoms with E-state index in [0.29, 0.717) is 19.8 Å². The molecule has 0 aliphatic rings. The van der Waals surface area contributed by atoms with Gasteiger partial charge in [0.25, 0.3) is 0 Å². The van der Waals surface area contributed by atoms with Gasteiger partial charge in [-0.25, -0.2) is 4.98 Å². The van der Waals surface area contributed by atoms with Crippen LogP contribution >= 0.6 is 15.9 Å². The van der Waals surface area contributed by atoms with Crippen LogP contribution in [0.25, 0.3) is 11.0 Å². The van der Waals surface area contributed by atoms with Gasteiger partial charge in [0.1, 0.15) is 17.9 Å². The highest BCUT2D eigenvalue weighted by atomic mass is 79.9. The van der Waals surface area contributed by atoms with E-state index in [0.717, 1.165) is 21.3 Å². The van der Waals surface area contributed by atoms with E-state index in [9.17, 15) is 0 Å². The van der Waals surface area contributed by atoms with E-state index in [2.05, 4.69) is 25.9 Å². The Hall–Kier alpha value is -1.20. The fourth-order valence-corrected chi connectivity index (χ4v) is 1.77. The lowest BCUT2D eigenvalue weighted by Crippen LogP contribution is -2.06. The van der Waals surface area contributed by atoms with Crippen LogP contribution < -0.4 is 4.74 Å². The molecule has 90 valence electrons. The molecule has 0 fully saturated rings. The highest BCUT2D eigenvalue weighted by Gasteiger charge is 2.04. The van der Waals surface area contributed by atoms with Gasteiger partial charge in [-0.15, -0.1) is 0 Å². The van der Waals surface area contributed by atoms with Crippen molar-refractivity contribution in [2.24, 2.45) is 0 Å². The average Bonchev–Trinajstić information content (AvgIpc) is 2.34. The maximum atomic E-state index is 5.62. The number of pyridine rings is 2. The fraction of sp³-hybridized carbons (Fsp3) is 0.333. The average molecular weight is 297 g/mol. The van der Waals surface area contributed by atoms with Crippen molar-refractivity contribution < 1.29 is 9.47 Å². The molecule has 0 amide bonds. The van der Waals surface area contributed by atoms with Crippen LogP contribution in [0.5, 0.6) is 5.75 Å². The molecule has 0 unspecified atom stereocenters. The van der Waals surface area contributed by atoms with Gasteiger partial charge in [0.15, 0.2) is 0 Å². The van der Waals surface area contributed by atoms with Crippen molar-refractivity contribution in [2.75, 3.05) is 19.8 Å². The molecule has 0 aromatic carbocycles. The predicted molar refractivity (Wildman–Crippen MR) is 69.2 cm³/mol. The van der Waals surface area contributed by atoms with Gasteiger partial charge in [0.05, 0.1) is 12.1 Å². The SMILES string of the molecule is CCOCCOc1ccnc2cc(Br)cnc12. The van der Waals surface area contributed by atoms with E-state index < -0.39 is 0 Å². The standard InChI is InChI=1S/C12H13BrN2O2/c1-2-16-5-6-17-11-3-4-14-10-7-9(13)8-15-12(10)11/h3-4,7-8H,2,5-6H2,1H3. The third-order valence-electron chi connectivity index (χ3n) is 2.20. The highest BCUT2D eigenvalue weighted by Crippen LogP contribution is 2.23. The Kier molecular flexibility index (Phi) is 4.28. The number of rotatable bonds is 5. The number of hydrogen-bond donors (Lipinski definition) is 0.